The van der Waals surface area contributed by atoms with E-state index in [-0.39, 0.29) is 12.0 Å². The van der Waals surface area contributed by atoms with Crippen molar-refractivity contribution in [2.45, 2.75) is 32.0 Å². The molecule has 1 aliphatic carbocycles. The standard InChI is InChI=1S/C27H31N3O3/c1-32-23-7-2-5-21(13-23)14-30-17-24(33-19-20-10-11-20)16-29(18-27(30)31)15-22-6-3-9-26-25(22)8-4-12-28-26/h2-9,12-13,20,24H,10-11,14-19H2,1H3. The number of pyridine rings is 1. The number of carbonyl (C=O) groups excluding carboxylic acids is 1. The number of rotatable bonds is 8. The summed E-state index contributed by atoms with van der Waals surface area (Å²) >= 11 is 0. The maximum Gasteiger partial charge on any atom is 0.237 e. The number of amides is 1. The van der Waals surface area contributed by atoms with Crippen molar-refractivity contribution < 1.29 is 14.3 Å². The van der Waals surface area contributed by atoms with Gasteiger partial charge in [0.25, 0.3) is 0 Å². The minimum absolute atomic E-state index is 0.00393. The van der Waals surface area contributed by atoms with Crippen LogP contribution < -0.4 is 4.74 Å². The molecule has 1 aliphatic heterocycles. The summed E-state index contributed by atoms with van der Waals surface area (Å²) in [6.45, 7) is 3.78. The van der Waals surface area contributed by atoms with Gasteiger partial charge in [0.15, 0.2) is 0 Å². The summed E-state index contributed by atoms with van der Waals surface area (Å²) < 4.78 is 11.7. The van der Waals surface area contributed by atoms with E-state index in [1.807, 2.05) is 53.6 Å². The van der Waals surface area contributed by atoms with Crippen molar-refractivity contribution in [3.63, 3.8) is 0 Å². The fraction of sp³-hybridized carbons (Fsp3) is 0.407. The van der Waals surface area contributed by atoms with Gasteiger partial charge in [-0.15, -0.1) is 0 Å². The Morgan fingerprint density at radius 2 is 1.91 bits per heavy atom. The van der Waals surface area contributed by atoms with Crippen LogP contribution in [0, 0.1) is 5.92 Å². The fourth-order valence-electron chi connectivity index (χ4n) is 4.52. The Morgan fingerprint density at radius 1 is 1.03 bits per heavy atom. The molecule has 5 rings (SSSR count). The minimum atomic E-state index is -0.00393. The van der Waals surface area contributed by atoms with Crippen LogP contribution in [0.2, 0.25) is 0 Å². The second-order valence-electron chi connectivity index (χ2n) is 9.18. The number of hydrogen-bond acceptors (Lipinski definition) is 5. The summed E-state index contributed by atoms with van der Waals surface area (Å²) in [7, 11) is 1.67. The fourth-order valence-corrected chi connectivity index (χ4v) is 4.52. The smallest absolute Gasteiger partial charge is 0.237 e. The van der Waals surface area contributed by atoms with Gasteiger partial charge in [0, 0.05) is 44.4 Å². The average molecular weight is 446 g/mol. The number of ether oxygens (including phenoxy) is 2. The van der Waals surface area contributed by atoms with Crippen molar-refractivity contribution in [3.8, 4) is 5.75 Å². The SMILES string of the molecule is COc1cccc(CN2CC(OCC3CC3)CN(Cc3cccc4ncccc34)CC2=O)c1. The molecule has 1 aromatic heterocycles. The molecule has 2 heterocycles. The van der Waals surface area contributed by atoms with E-state index in [9.17, 15) is 4.79 Å². The number of aromatic nitrogens is 1. The Kier molecular flexibility index (Phi) is 6.55. The van der Waals surface area contributed by atoms with Crippen LogP contribution in [0.15, 0.2) is 60.8 Å². The van der Waals surface area contributed by atoms with Gasteiger partial charge >= 0.3 is 0 Å². The van der Waals surface area contributed by atoms with Crippen LogP contribution in [-0.2, 0) is 22.6 Å². The van der Waals surface area contributed by atoms with E-state index < -0.39 is 0 Å². The predicted molar refractivity (Wildman–Crippen MR) is 128 cm³/mol. The highest BCUT2D eigenvalue weighted by Gasteiger charge is 2.30. The highest BCUT2D eigenvalue weighted by atomic mass is 16.5. The zero-order valence-electron chi connectivity index (χ0n) is 19.2. The van der Waals surface area contributed by atoms with E-state index >= 15 is 0 Å². The van der Waals surface area contributed by atoms with Crippen molar-refractivity contribution in [3.05, 3.63) is 71.9 Å². The van der Waals surface area contributed by atoms with Crippen molar-refractivity contribution in [2.24, 2.45) is 5.92 Å². The maximum absolute atomic E-state index is 13.3. The molecular formula is C27H31N3O3. The Hall–Kier alpha value is -2.96. The van der Waals surface area contributed by atoms with E-state index in [2.05, 4.69) is 22.0 Å². The quantitative estimate of drug-likeness (QED) is 0.527. The molecule has 6 nitrogen and oxygen atoms in total. The molecule has 33 heavy (non-hydrogen) atoms. The molecule has 6 heteroatoms. The lowest BCUT2D eigenvalue weighted by atomic mass is 10.1. The van der Waals surface area contributed by atoms with Crippen LogP contribution in [0.3, 0.4) is 0 Å². The van der Waals surface area contributed by atoms with Crippen LogP contribution in [0.25, 0.3) is 10.9 Å². The van der Waals surface area contributed by atoms with E-state index in [1.54, 1.807) is 7.11 Å². The lowest BCUT2D eigenvalue weighted by Gasteiger charge is -2.25. The van der Waals surface area contributed by atoms with Gasteiger partial charge in [0.1, 0.15) is 5.75 Å². The Balaban J connectivity index is 1.35. The molecule has 3 aromatic rings. The number of methoxy groups -OCH3 is 1. The van der Waals surface area contributed by atoms with E-state index in [0.717, 1.165) is 35.4 Å². The first kappa shape index (κ1) is 21.9. The Bertz CT molecular complexity index is 1110. The van der Waals surface area contributed by atoms with E-state index in [4.69, 9.17) is 9.47 Å². The van der Waals surface area contributed by atoms with Crippen molar-refractivity contribution in [1.82, 2.24) is 14.8 Å². The largest absolute Gasteiger partial charge is 0.497 e. The van der Waals surface area contributed by atoms with Gasteiger partial charge < -0.3 is 14.4 Å². The minimum Gasteiger partial charge on any atom is -0.497 e. The van der Waals surface area contributed by atoms with Gasteiger partial charge in [-0.05, 0) is 54.2 Å². The number of carbonyl (C=O) groups is 1. The first-order chi connectivity index (χ1) is 16.2. The summed E-state index contributed by atoms with van der Waals surface area (Å²) in [4.78, 5) is 22.0. The molecule has 1 amide bonds. The first-order valence-corrected chi connectivity index (χ1v) is 11.8. The third-order valence-electron chi connectivity index (χ3n) is 6.50. The normalized spacial score (nSPS) is 19.6. The highest BCUT2D eigenvalue weighted by molar-refractivity contribution is 5.82. The lowest BCUT2D eigenvalue weighted by molar-refractivity contribution is -0.132. The van der Waals surface area contributed by atoms with Gasteiger partial charge in [-0.25, -0.2) is 0 Å². The number of fused-ring (bicyclic) bond motifs is 1. The highest BCUT2D eigenvalue weighted by Crippen LogP contribution is 2.30. The van der Waals surface area contributed by atoms with Gasteiger partial charge in [0.2, 0.25) is 5.91 Å². The molecule has 2 aliphatic rings. The third kappa shape index (κ3) is 5.52. The molecule has 0 N–H and O–H groups in total. The molecule has 2 aromatic carbocycles. The van der Waals surface area contributed by atoms with E-state index in [0.29, 0.717) is 32.1 Å². The molecular weight excluding hydrogens is 414 g/mol. The zero-order valence-corrected chi connectivity index (χ0v) is 19.2. The maximum atomic E-state index is 13.3. The molecule has 1 unspecified atom stereocenters. The summed E-state index contributed by atoms with van der Waals surface area (Å²) in [5, 5.41) is 1.14. The molecule has 1 saturated heterocycles. The second-order valence-corrected chi connectivity index (χ2v) is 9.18. The molecule has 172 valence electrons. The van der Waals surface area contributed by atoms with Gasteiger partial charge in [-0.1, -0.05) is 30.3 Å². The van der Waals surface area contributed by atoms with Crippen LogP contribution in [0.5, 0.6) is 5.75 Å². The predicted octanol–water partition coefficient (Wildman–Crippen LogP) is 3.88. The van der Waals surface area contributed by atoms with Gasteiger partial charge in [0.05, 0.1) is 25.3 Å². The Morgan fingerprint density at radius 3 is 2.76 bits per heavy atom. The third-order valence-corrected chi connectivity index (χ3v) is 6.50. The number of hydrogen-bond donors (Lipinski definition) is 0. The molecule has 0 radical (unpaired) electrons. The molecule has 0 bridgehead atoms. The van der Waals surface area contributed by atoms with Crippen LogP contribution in [-0.4, -0.2) is 60.1 Å². The van der Waals surface area contributed by atoms with E-state index in [1.165, 1.54) is 18.4 Å². The molecule has 2 fully saturated rings. The van der Waals surface area contributed by atoms with Crippen LogP contribution in [0.4, 0.5) is 0 Å². The van der Waals surface area contributed by atoms with Crippen LogP contribution in [0.1, 0.15) is 24.0 Å². The number of nitrogens with zero attached hydrogens (tertiary/aromatic N) is 3. The summed E-state index contributed by atoms with van der Waals surface area (Å²) in [5.41, 5.74) is 3.24. The summed E-state index contributed by atoms with van der Waals surface area (Å²) in [6, 6.07) is 18.2. The molecule has 0 spiro atoms. The topological polar surface area (TPSA) is 54.9 Å². The van der Waals surface area contributed by atoms with Crippen molar-refractivity contribution >= 4 is 16.8 Å². The van der Waals surface area contributed by atoms with Gasteiger partial charge in [-0.3, -0.25) is 14.7 Å². The Labute approximate surface area is 195 Å². The lowest BCUT2D eigenvalue weighted by Crippen LogP contribution is -2.37. The summed E-state index contributed by atoms with van der Waals surface area (Å²) in [5.74, 6) is 1.63. The van der Waals surface area contributed by atoms with Crippen molar-refractivity contribution in [1.29, 1.82) is 0 Å². The second kappa shape index (κ2) is 9.89. The monoisotopic (exact) mass is 445 g/mol. The average Bonchev–Trinajstić information content (AvgIpc) is 3.67. The number of benzene rings is 2. The van der Waals surface area contributed by atoms with Crippen molar-refractivity contribution in [2.75, 3.05) is 33.4 Å². The molecule has 1 atom stereocenters. The first-order valence-electron chi connectivity index (χ1n) is 11.8. The van der Waals surface area contributed by atoms with Crippen LogP contribution >= 0.6 is 0 Å². The zero-order chi connectivity index (χ0) is 22.6. The molecule has 1 saturated carbocycles. The summed E-state index contributed by atoms with van der Waals surface area (Å²) in [6.07, 6.45) is 4.33. The van der Waals surface area contributed by atoms with Gasteiger partial charge in [-0.2, -0.15) is 0 Å².